The highest BCUT2D eigenvalue weighted by Crippen LogP contribution is 2.17. The van der Waals surface area contributed by atoms with Crippen LogP contribution >= 0.6 is 0 Å². The first-order valence-electron chi connectivity index (χ1n) is 5.31. The molecule has 4 nitrogen and oxygen atoms in total. The average Bonchev–Trinajstić information content (AvgIpc) is 2.39. The van der Waals surface area contributed by atoms with Crippen molar-refractivity contribution in [3.63, 3.8) is 0 Å². The van der Waals surface area contributed by atoms with E-state index < -0.39 is 5.54 Å². The Bertz CT molecular complexity index is 477. The normalized spacial score (nSPS) is 22.0. The second kappa shape index (κ2) is 4.41. The molecule has 1 N–H and O–H groups in total. The molecule has 1 aliphatic heterocycles. The van der Waals surface area contributed by atoms with Gasteiger partial charge in [-0.1, -0.05) is 0 Å². The van der Waals surface area contributed by atoms with Crippen LogP contribution in [0.4, 0.5) is 0 Å². The molecule has 0 spiro atoms. The lowest BCUT2D eigenvalue weighted by molar-refractivity contribution is 0.0929. The molecule has 17 heavy (non-hydrogen) atoms. The average molecular weight is 230 g/mol. The van der Waals surface area contributed by atoms with Crippen LogP contribution in [0.25, 0.3) is 0 Å². The Morgan fingerprint density at radius 3 is 2.59 bits per heavy atom. The summed E-state index contributed by atoms with van der Waals surface area (Å²) in [6.45, 7) is 1.80. The summed E-state index contributed by atoms with van der Waals surface area (Å²) < 4.78 is 5.06. The van der Waals surface area contributed by atoms with Crippen molar-refractivity contribution < 1.29 is 9.53 Å². The minimum Gasteiger partial charge on any atom is -0.497 e. The molecule has 88 valence electrons. The van der Waals surface area contributed by atoms with Gasteiger partial charge < -0.3 is 10.1 Å². The molecular weight excluding hydrogens is 216 g/mol. The third-order valence-corrected chi connectivity index (χ3v) is 2.70. The van der Waals surface area contributed by atoms with Crippen LogP contribution in [-0.4, -0.2) is 24.6 Å². The molecule has 0 saturated heterocycles. The summed E-state index contributed by atoms with van der Waals surface area (Å²) >= 11 is 0. The SMILES string of the molecule is COc1ccc(C(=O)[C@@]2(C)C=NC=CN2)cc1. The maximum absolute atomic E-state index is 12.3. The van der Waals surface area contributed by atoms with Crippen molar-refractivity contribution in [3.05, 3.63) is 42.2 Å². The zero-order valence-electron chi connectivity index (χ0n) is 9.81. The first-order valence-corrected chi connectivity index (χ1v) is 5.31. The Hall–Kier alpha value is -2.10. The van der Waals surface area contributed by atoms with Crippen molar-refractivity contribution in [1.29, 1.82) is 0 Å². The quantitative estimate of drug-likeness (QED) is 0.805. The molecule has 1 aliphatic rings. The summed E-state index contributed by atoms with van der Waals surface area (Å²) in [6.07, 6.45) is 4.89. The predicted octanol–water partition coefficient (Wildman–Crippen LogP) is 1.78. The molecule has 0 bridgehead atoms. The van der Waals surface area contributed by atoms with Crippen LogP contribution < -0.4 is 10.1 Å². The smallest absolute Gasteiger partial charge is 0.193 e. The van der Waals surface area contributed by atoms with Gasteiger partial charge in [0.2, 0.25) is 0 Å². The van der Waals surface area contributed by atoms with Crippen molar-refractivity contribution >= 4 is 12.0 Å². The van der Waals surface area contributed by atoms with Gasteiger partial charge in [-0.3, -0.25) is 9.79 Å². The summed E-state index contributed by atoms with van der Waals surface area (Å²) in [5, 5.41) is 3.01. The lowest BCUT2D eigenvalue weighted by Gasteiger charge is -2.25. The van der Waals surface area contributed by atoms with E-state index >= 15 is 0 Å². The molecule has 2 rings (SSSR count). The largest absolute Gasteiger partial charge is 0.497 e. The van der Waals surface area contributed by atoms with E-state index in [4.69, 9.17) is 4.74 Å². The number of benzene rings is 1. The third-order valence-electron chi connectivity index (χ3n) is 2.70. The molecule has 0 radical (unpaired) electrons. The van der Waals surface area contributed by atoms with E-state index in [1.807, 2.05) is 0 Å². The molecule has 1 heterocycles. The number of carbonyl (C=O) groups excluding carboxylic acids is 1. The number of hydrogen-bond donors (Lipinski definition) is 1. The number of hydrogen-bond acceptors (Lipinski definition) is 4. The fraction of sp³-hybridized carbons (Fsp3) is 0.231. The van der Waals surface area contributed by atoms with Crippen molar-refractivity contribution in [2.75, 3.05) is 7.11 Å². The summed E-state index contributed by atoms with van der Waals surface area (Å²) in [5.41, 5.74) is -0.147. The van der Waals surface area contributed by atoms with E-state index in [2.05, 4.69) is 10.3 Å². The van der Waals surface area contributed by atoms with Crippen molar-refractivity contribution in [2.45, 2.75) is 12.5 Å². The number of methoxy groups -OCH3 is 1. The minimum atomic E-state index is -0.774. The molecule has 0 aromatic heterocycles. The molecule has 0 saturated carbocycles. The lowest BCUT2D eigenvalue weighted by atomic mass is 9.92. The minimum absolute atomic E-state index is 0.0201. The second-order valence-electron chi connectivity index (χ2n) is 4.00. The Morgan fingerprint density at radius 1 is 1.35 bits per heavy atom. The van der Waals surface area contributed by atoms with Gasteiger partial charge >= 0.3 is 0 Å². The first-order chi connectivity index (χ1) is 8.15. The number of nitrogens with zero attached hydrogens (tertiary/aromatic N) is 1. The van der Waals surface area contributed by atoms with Gasteiger partial charge in [0, 0.05) is 24.2 Å². The van der Waals surface area contributed by atoms with Crippen LogP contribution in [0.5, 0.6) is 5.75 Å². The fourth-order valence-corrected chi connectivity index (χ4v) is 1.65. The summed E-state index contributed by atoms with van der Waals surface area (Å²) in [7, 11) is 1.60. The Morgan fingerprint density at radius 2 is 2.06 bits per heavy atom. The topological polar surface area (TPSA) is 50.7 Å². The molecule has 0 aliphatic carbocycles. The molecule has 0 fully saturated rings. The molecule has 1 atom stereocenters. The highest BCUT2D eigenvalue weighted by Gasteiger charge is 2.31. The number of ketones is 1. The van der Waals surface area contributed by atoms with Crippen LogP contribution in [0.1, 0.15) is 17.3 Å². The molecule has 1 aromatic rings. The standard InChI is InChI=1S/C13H14N2O2/c1-13(9-14-7-8-15-13)12(16)10-3-5-11(17-2)6-4-10/h3-9,15H,1-2H3/t13-/m1/s1. The highest BCUT2D eigenvalue weighted by molar-refractivity contribution is 6.13. The van der Waals surface area contributed by atoms with Crippen LogP contribution in [-0.2, 0) is 0 Å². The predicted molar refractivity (Wildman–Crippen MR) is 66.5 cm³/mol. The van der Waals surface area contributed by atoms with E-state index in [0.29, 0.717) is 5.56 Å². The van der Waals surface area contributed by atoms with E-state index in [1.165, 1.54) is 0 Å². The maximum Gasteiger partial charge on any atom is 0.193 e. The number of rotatable bonds is 3. The van der Waals surface area contributed by atoms with E-state index in [-0.39, 0.29) is 5.78 Å². The van der Waals surface area contributed by atoms with E-state index in [0.717, 1.165) is 5.75 Å². The highest BCUT2D eigenvalue weighted by atomic mass is 16.5. The summed E-state index contributed by atoms with van der Waals surface area (Å²) in [6, 6.07) is 7.04. The number of aliphatic imine (C=N–C) groups is 1. The van der Waals surface area contributed by atoms with Gasteiger partial charge in [-0.15, -0.1) is 0 Å². The number of nitrogens with one attached hydrogen (secondary N) is 1. The zero-order chi connectivity index (χ0) is 12.3. The Kier molecular flexibility index (Phi) is 2.95. The van der Waals surface area contributed by atoms with Crippen LogP contribution in [0.15, 0.2) is 41.7 Å². The van der Waals surface area contributed by atoms with Crippen LogP contribution in [0, 0.1) is 0 Å². The van der Waals surface area contributed by atoms with Crippen LogP contribution in [0.3, 0.4) is 0 Å². The third kappa shape index (κ3) is 2.20. The van der Waals surface area contributed by atoms with Gasteiger partial charge in [0.1, 0.15) is 11.3 Å². The van der Waals surface area contributed by atoms with Gasteiger partial charge in [-0.2, -0.15) is 0 Å². The van der Waals surface area contributed by atoms with Gasteiger partial charge in [0.25, 0.3) is 0 Å². The van der Waals surface area contributed by atoms with E-state index in [1.54, 1.807) is 56.9 Å². The summed E-state index contributed by atoms with van der Waals surface area (Å²) in [4.78, 5) is 16.3. The number of carbonyl (C=O) groups is 1. The molecule has 0 amide bonds. The monoisotopic (exact) mass is 230 g/mol. The van der Waals surface area contributed by atoms with Gasteiger partial charge in [-0.05, 0) is 31.2 Å². The van der Waals surface area contributed by atoms with Crippen molar-refractivity contribution in [2.24, 2.45) is 4.99 Å². The zero-order valence-corrected chi connectivity index (χ0v) is 9.81. The van der Waals surface area contributed by atoms with Gasteiger partial charge in [-0.25, -0.2) is 0 Å². The second-order valence-corrected chi connectivity index (χ2v) is 4.00. The number of Topliss-reactive ketones (excluding diaryl/α,β-unsaturated/α-hetero) is 1. The van der Waals surface area contributed by atoms with E-state index in [9.17, 15) is 4.79 Å². The van der Waals surface area contributed by atoms with Crippen LogP contribution in [0.2, 0.25) is 0 Å². The van der Waals surface area contributed by atoms with Crippen molar-refractivity contribution in [1.82, 2.24) is 5.32 Å². The number of ether oxygens (including phenoxy) is 1. The maximum atomic E-state index is 12.3. The first kappa shape index (κ1) is 11.4. The molecular formula is C13H14N2O2. The lowest BCUT2D eigenvalue weighted by Crippen LogP contribution is -2.49. The molecule has 4 heteroatoms. The summed E-state index contributed by atoms with van der Waals surface area (Å²) in [5.74, 6) is 0.713. The van der Waals surface area contributed by atoms with Crippen molar-refractivity contribution in [3.8, 4) is 5.75 Å². The Labute approximate surface area is 100 Å². The Balaban J connectivity index is 2.24. The fourth-order valence-electron chi connectivity index (χ4n) is 1.65. The molecule has 1 aromatic carbocycles. The van der Waals surface area contributed by atoms with Gasteiger partial charge in [0.15, 0.2) is 5.78 Å². The van der Waals surface area contributed by atoms with Gasteiger partial charge in [0.05, 0.1) is 7.11 Å². The molecule has 0 unspecified atom stereocenters.